The predicted molar refractivity (Wildman–Crippen MR) is 121 cm³/mol. The van der Waals surface area contributed by atoms with Crippen molar-refractivity contribution in [2.45, 2.75) is 33.9 Å². The molecule has 2 aromatic rings. The second kappa shape index (κ2) is 11.6. The normalized spacial score (nSPS) is 13.1. The molecule has 29 heavy (non-hydrogen) atoms. The number of aromatic nitrogens is 2. The minimum absolute atomic E-state index is 0.204. The van der Waals surface area contributed by atoms with Gasteiger partial charge in [-0.2, -0.15) is 9.78 Å². The van der Waals surface area contributed by atoms with Crippen LogP contribution in [0.25, 0.3) is 0 Å². The molecule has 0 radical (unpaired) electrons. The number of rotatable bonds is 7. The van der Waals surface area contributed by atoms with E-state index >= 15 is 0 Å². The van der Waals surface area contributed by atoms with Gasteiger partial charge in [0.25, 0.3) is 5.56 Å². The first-order valence-corrected chi connectivity index (χ1v) is 9.86. The molecule has 0 unspecified atom stereocenters. The van der Waals surface area contributed by atoms with Crippen molar-refractivity contribution >= 4 is 11.7 Å². The Balaban J connectivity index is 0.00000145. The lowest BCUT2D eigenvalue weighted by atomic mass is 10.1. The minimum atomic E-state index is -0.204. The molecule has 0 fully saturated rings. The molecule has 2 N–H and O–H groups in total. The summed E-state index contributed by atoms with van der Waals surface area (Å²) in [6.45, 7) is 11.3. The van der Waals surface area contributed by atoms with Crippen LogP contribution in [0.2, 0.25) is 0 Å². The summed E-state index contributed by atoms with van der Waals surface area (Å²) >= 11 is 0. The molecule has 1 aromatic carbocycles. The Bertz CT molecular complexity index is 955. The van der Waals surface area contributed by atoms with E-state index in [1.807, 2.05) is 57.2 Å². The van der Waals surface area contributed by atoms with Crippen LogP contribution in [-0.4, -0.2) is 21.9 Å². The van der Waals surface area contributed by atoms with E-state index in [4.69, 9.17) is 0 Å². The van der Waals surface area contributed by atoms with E-state index in [1.165, 1.54) is 16.3 Å². The molecule has 1 aromatic heterocycles. The summed E-state index contributed by atoms with van der Waals surface area (Å²) in [5, 5.41) is 11.0. The van der Waals surface area contributed by atoms with Crippen molar-refractivity contribution in [1.82, 2.24) is 15.0 Å². The fourth-order valence-corrected chi connectivity index (χ4v) is 2.77. The number of benzene rings is 1. The van der Waals surface area contributed by atoms with Crippen molar-refractivity contribution in [2.75, 3.05) is 11.9 Å². The molecule has 0 saturated heterocycles. The van der Waals surface area contributed by atoms with Gasteiger partial charge in [-0.25, -0.2) is 4.98 Å². The molecule has 0 spiro atoms. The Morgan fingerprint density at radius 3 is 2.72 bits per heavy atom. The largest absolute Gasteiger partial charge is 0.348 e. The molecule has 2 heterocycles. The molecular formula is C23H29N5O. The zero-order valence-electron chi connectivity index (χ0n) is 17.4. The van der Waals surface area contributed by atoms with Gasteiger partial charge >= 0.3 is 0 Å². The van der Waals surface area contributed by atoms with Crippen molar-refractivity contribution < 1.29 is 0 Å². The lowest BCUT2D eigenvalue weighted by Crippen LogP contribution is -2.32. The Labute approximate surface area is 172 Å². The topological polar surface area (TPSA) is 71.3 Å². The van der Waals surface area contributed by atoms with Crippen molar-refractivity contribution in [3.8, 4) is 0 Å². The van der Waals surface area contributed by atoms with Gasteiger partial charge in [-0.05, 0) is 18.1 Å². The first kappa shape index (κ1) is 22.0. The fourth-order valence-electron chi connectivity index (χ4n) is 2.77. The molecule has 0 saturated carbocycles. The molecule has 0 aliphatic carbocycles. The van der Waals surface area contributed by atoms with E-state index in [-0.39, 0.29) is 5.56 Å². The highest BCUT2D eigenvalue weighted by molar-refractivity contribution is 6.05. The summed E-state index contributed by atoms with van der Waals surface area (Å²) in [5.41, 5.74) is 3.39. The van der Waals surface area contributed by atoms with Gasteiger partial charge in [0.15, 0.2) is 0 Å². The van der Waals surface area contributed by atoms with Crippen LogP contribution < -0.4 is 16.2 Å². The van der Waals surface area contributed by atoms with Crippen molar-refractivity contribution in [2.24, 2.45) is 5.10 Å². The van der Waals surface area contributed by atoms with E-state index in [2.05, 4.69) is 39.4 Å². The first-order chi connectivity index (χ1) is 14.2. The molecule has 6 nitrogen and oxygen atoms in total. The molecule has 0 bridgehead atoms. The molecule has 1 aliphatic rings. The van der Waals surface area contributed by atoms with Gasteiger partial charge in [-0.3, -0.25) is 4.79 Å². The summed E-state index contributed by atoms with van der Waals surface area (Å²) in [7, 11) is 0. The average Bonchev–Trinajstić information content (AvgIpc) is 2.77. The van der Waals surface area contributed by atoms with Crippen LogP contribution in [-0.2, 0) is 13.1 Å². The van der Waals surface area contributed by atoms with Crippen LogP contribution in [0.1, 0.15) is 32.0 Å². The predicted octanol–water partition coefficient (Wildman–Crippen LogP) is 3.88. The van der Waals surface area contributed by atoms with Crippen molar-refractivity contribution in [1.29, 1.82) is 0 Å². The molecule has 3 rings (SSSR count). The SMILES string of the molecule is C=C/C=C\C(=C/C)C1=Nn2c(nc(CNCc3ccccc3)cc2=O)NC1.CC. The number of anilines is 1. The van der Waals surface area contributed by atoms with Gasteiger partial charge in [0, 0.05) is 19.2 Å². The number of hydrogen-bond donors (Lipinski definition) is 2. The molecule has 0 atom stereocenters. The van der Waals surface area contributed by atoms with E-state index in [0.29, 0.717) is 24.7 Å². The van der Waals surface area contributed by atoms with Gasteiger partial charge in [0.2, 0.25) is 5.95 Å². The van der Waals surface area contributed by atoms with E-state index in [0.717, 1.165) is 17.8 Å². The van der Waals surface area contributed by atoms with Crippen LogP contribution in [0.15, 0.2) is 82.8 Å². The maximum atomic E-state index is 12.5. The van der Waals surface area contributed by atoms with Crippen LogP contribution in [0.5, 0.6) is 0 Å². The molecule has 6 heteroatoms. The number of allylic oxidation sites excluding steroid dienone is 4. The Kier molecular flexibility index (Phi) is 8.79. The summed E-state index contributed by atoms with van der Waals surface area (Å²) in [5.74, 6) is 0.464. The quantitative estimate of drug-likeness (QED) is 0.703. The third kappa shape index (κ3) is 6.12. The Morgan fingerprint density at radius 1 is 1.28 bits per heavy atom. The van der Waals surface area contributed by atoms with Gasteiger partial charge < -0.3 is 10.6 Å². The van der Waals surface area contributed by atoms with Gasteiger partial charge in [0.05, 0.1) is 18.0 Å². The lowest BCUT2D eigenvalue weighted by molar-refractivity contribution is 0.667. The van der Waals surface area contributed by atoms with Crippen molar-refractivity contribution in [3.63, 3.8) is 0 Å². The third-order valence-electron chi connectivity index (χ3n) is 4.12. The Morgan fingerprint density at radius 2 is 2.03 bits per heavy atom. The maximum Gasteiger partial charge on any atom is 0.275 e. The van der Waals surface area contributed by atoms with Crippen LogP contribution in [0, 0.1) is 0 Å². The zero-order valence-corrected chi connectivity index (χ0v) is 17.4. The fraction of sp³-hybridized carbons (Fsp3) is 0.261. The minimum Gasteiger partial charge on any atom is -0.348 e. The van der Waals surface area contributed by atoms with E-state index < -0.39 is 0 Å². The standard InChI is InChI=1S/C21H23N5O.C2H6/c1-3-5-11-17(4-2)19-15-23-21-24-18(12-20(27)26(21)25-19)14-22-13-16-9-7-6-8-10-16;1-2/h3-12,22H,1,13-15H2,2H3,(H,23,24);1-2H3/b11-5-,17-4+;. The van der Waals surface area contributed by atoms with Gasteiger partial charge in [-0.15, -0.1) is 0 Å². The highest BCUT2D eigenvalue weighted by Crippen LogP contribution is 2.12. The second-order valence-electron chi connectivity index (χ2n) is 6.05. The van der Waals surface area contributed by atoms with Crippen LogP contribution >= 0.6 is 0 Å². The number of fused-ring (bicyclic) bond motifs is 1. The molecule has 1 aliphatic heterocycles. The van der Waals surface area contributed by atoms with E-state index in [9.17, 15) is 4.79 Å². The van der Waals surface area contributed by atoms with E-state index in [1.54, 1.807) is 6.08 Å². The summed E-state index contributed by atoms with van der Waals surface area (Å²) in [6.07, 6.45) is 7.41. The third-order valence-corrected chi connectivity index (χ3v) is 4.12. The number of nitrogens with one attached hydrogen (secondary N) is 2. The Hall–Kier alpha value is -3.25. The average molecular weight is 392 g/mol. The summed E-state index contributed by atoms with van der Waals surface area (Å²) in [4.78, 5) is 17.0. The van der Waals surface area contributed by atoms with Crippen LogP contribution in [0.4, 0.5) is 5.95 Å². The maximum absolute atomic E-state index is 12.5. The van der Waals surface area contributed by atoms with Gasteiger partial charge in [0.1, 0.15) is 0 Å². The monoisotopic (exact) mass is 391 g/mol. The van der Waals surface area contributed by atoms with Gasteiger partial charge in [-0.1, -0.05) is 75.1 Å². The number of nitrogens with zero attached hydrogens (tertiary/aromatic N) is 3. The van der Waals surface area contributed by atoms with Crippen molar-refractivity contribution in [3.05, 3.63) is 94.5 Å². The number of hydrogen-bond acceptors (Lipinski definition) is 5. The highest BCUT2D eigenvalue weighted by Gasteiger charge is 2.16. The molecule has 0 amide bonds. The van der Waals surface area contributed by atoms with Crippen LogP contribution in [0.3, 0.4) is 0 Å². The molecule has 152 valence electrons. The first-order valence-electron chi connectivity index (χ1n) is 9.86. The summed E-state index contributed by atoms with van der Waals surface area (Å²) in [6, 6.07) is 11.6. The smallest absolute Gasteiger partial charge is 0.275 e. The second-order valence-corrected chi connectivity index (χ2v) is 6.05. The zero-order chi connectivity index (χ0) is 21.1. The lowest BCUT2D eigenvalue weighted by Gasteiger charge is -2.19. The summed E-state index contributed by atoms with van der Waals surface area (Å²) < 4.78 is 1.31. The highest BCUT2D eigenvalue weighted by atomic mass is 16.1. The molecular weight excluding hydrogens is 362 g/mol.